The lowest BCUT2D eigenvalue weighted by Crippen LogP contribution is -2.11. The molecule has 0 radical (unpaired) electrons. The fourth-order valence-electron chi connectivity index (χ4n) is 1.41. The van der Waals surface area contributed by atoms with Crippen molar-refractivity contribution in [3.05, 3.63) is 46.0 Å². The predicted molar refractivity (Wildman–Crippen MR) is 58.4 cm³/mol. The van der Waals surface area contributed by atoms with E-state index in [0.29, 0.717) is 0 Å². The van der Waals surface area contributed by atoms with Crippen LogP contribution in [0.4, 0.5) is 0 Å². The zero-order valence-corrected chi connectivity index (χ0v) is 8.88. The van der Waals surface area contributed by atoms with Crippen LogP contribution in [-0.4, -0.2) is 0 Å². The predicted octanol–water partition coefficient (Wildman–Crippen LogP) is 2.89. The van der Waals surface area contributed by atoms with E-state index in [2.05, 4.69) is 18.4 Å². The Morgan fingerprint density at radius 2 is 2.43 bits per heavy atom. The first-order valence-electron chi connectivity index (χ1n) is 4.57. The monoisotopic (exact) mass is 207 g/mol. The van der Waals surface area contributed by atoms with Crippen molar-refractivity contribution in [1.29, 1.82) is 0 Å². The summed E-state index contributed by atoms with van der Waals surface area (Å²) in [6, 6.07) is 4.20. The van der Waals surface area contributed by atoms with E-state index in [1.165, 1.54) is 10.4 Å². The Morgan fingerprint density at radius 1 is 1.57 bits per heavy atom. The first-order chi connectivity index (χ1) is 6.75. The third kappa shape index (κ3) is 2.05. The summed E-state index contributed by atoms with van der Waals surface area (Å²) >= 11 is 1.72. The van der Waals surface area contributed by atoms with Crippen LogP contribution in [0.5, 0.6) is 0 Å². The molecule has 0 aliphatic carbocycles. The van der Waals surface area contributed by atoms with E-state index in [1.54, 1.807) is 23.9 Å². The lowest BCUT2D eigenvalue weighted by molar-refractivity contribution is 0.561. The van der Waals surface area contributed by atoms with Crippen LogP contribution < -0.4 is 5.73 Å². The minimum absolute atomic E-state index is 0.0892. The molecule has 0 aliphatic rings. The van der Waals surface area contributed by atoms with Crippen LogP contribution >= 0.6 is 11.3 Å². The highest BCUT2D eigenvalue weighted by atomic mass is 32.1. The normalized spacial score (nSPS) is 13.0. The van der Waals surface area contributed by atoms with Crippen molar-refractivity contribution in [1.82, 2.24) is 0 Å². The number of rotatable bonds is 3. The molecule has 1 atom stereocenters. The van der Waals surface area contributed by atoms with E-state index in [1.807, 2.05) is 6.07 Å². The zero-order valence-electron chi connectivity index (χ0n) is 8.07. The molecule has 0 fully saturated rings. The Bertz CT molecular complexity index is 391. The Labute approximate surface area is 87.4 Å². The first kappa shape index (κ1) is 9.49. The Kier molecular flexibility index (Phi) is 2.70. The van der Waals surface area contributed by atoms with Gasteiger partial charge in [-0.2, -0.15) is 0 Å². The van der Waals surface area contributed by atoms with Gasteiger partial charge in [0.05, 0.1) is 12.5 Å². The van der Waals surface area contributed by atoms with Gasteiger partial charge in [-0.15, -0.1) is 11.3 Å². The van der Waals surface area contributed by atoms with E-state index < -0.39 is 0 Å². The van der Waals surface area contributed by atoms with E-state index in [9.17, 15) is 0 Å². The molecule has 0 amide bonds. The highest BCUT2D eigenvalue weighted by Gasteiger charge is 2.09. The van der Waals surface area contributed by atoms with Gasteiger partial charge in [0, 0.05) is 10.9 Å². The Morgan fingerprint density at radius 3 is 3.00 bits per heavy atom. The molecule has 2 aromatic rings. The van der Waals surface area contributed by atoms with E-state index in [-0.39, 0.29) is 6.04 Å². The van der Waals surface area contributed by atoms with Gasteiger partial charge in [-0.1, -0.05) is 0 Å². The first-order valence-corrected chi connectivity index (χ1v) is 5.45. The molecule has 0 spiro atoms. The molecule has 2 rings (SSSR count). The highest BCUT2D eigenvalue weighted by molar-refractivity contribution is 7.10. The molecule has 0 aliphatic heterocycles. The quantitative estimate of drug-likeness (QED) is 0.840. The molecule has 3 heteroatoms. The lowest BCUT2D eigenvalue weighted by Gasteiger charge is -2.06. The largest absolute Gasteiger partial charge is 0.472 e. The van der Waals surface area contributed by atoms with Gasteiger partial charge in [0.1, 0.15) is 0 Å². The van der Waals surface area contributed by atoms with E-state index in [4.69, 9.17) is 10.2 Å². The molecule has 14 heavy (non-hydrogen) atoms. The molecular formula is C11H13NOS. The maximum atomic E-state index is 6.07. The SMILES string of the molecule is Cc1csc(C(N)Cc2ccoc2)c1. The zero-order chi connectivity index (χ0) is 9.97. The standard InChI is InChI=1S/C11H13NOS/c1-8-4-11(14-7-8)10(12)5-9-2-3-13-6-9/h2-4,6-7,10H,5,12H2,1H3. The van der Waals surface area contributed by atoms with Crippen molar-refractivity contribution in [2.75, 3.05) is 0 Å². The van der Waals surface area contributed by atoms with Gasteiger partial charge in [0.15, 0.2) is 0 Å². The maximum Gasteiger partial charge on any atom is 0.0935 e. The van der Waals surface area contributed by atoms with Crippen molar-refractivity contribution >= 4 is 11.3 Å². The van der Waals surface area contributed by atoms with Crippen LogP contribution in [0.1, 0.15) is 22.0 Å². The summed E-state index contributed by atoms with van der Waals surface area (Å²) in [4.78, 5) is 1.24. The van der Waals surface area contributed by atoms with Crippen molar-refractivity contribution in [3.63, 3.8) is 0 Å². The summed E-state index contributed by atoms with van der Waals surface area (Å²) in [6.07, 6.45) is 4.28. The molecule has 0 saturated carbocycles. The number of hydrogen-bond acceptors (Lipinski definition) is 3. The summed E-state index contributed by atoms with van der Waals surface area (Å²) < 4.78 is 5.00. The molecule has 2 aromatic heterocycles. The molecule has 0 aromatic carbocycles. The highest BCUT2D eigenvalue weighted by Crippen LogP contribution is 2.23. The number of furan rings is 1. The molecule has 1 unspecified atom stereocenters. The van der Waals surface area contributed by atoms with Gasteiger partial charge in [-0.05, 0) is 42.0 Å². The topological polar surface area (TPSA) is 39.2 Å². The minimum Gasteiger partial charge on any atom is -0.472 e. The summed E-state index contributed by atoms with van der Waals surface area (Å²) in [5, 5.41) is 2.13. The van der Waals surface area contributed by atoms with Crippen LogP contribution in [0.25, 0.3) is 0 Å². The van der Waals surface area contributed by atoms with Crippen molar-refractivity contribution in [2.45, 2.75) is 19.4 Å². The van der Waals surface area contributed by atoms with Gasteiger partial charge in [-0.3, -0.25) is 0 Å². The van der Waals surface area contributed by atoms with Gasteiger partial charge in [0.25, 0.3) is 0 Å². The molecule has 74 valence electrons. The molecule has 2 nitrogen and oxygen atoms in total. The summed E-state index contributed by atoms with van der Waals surface area (Å²) in [6.45, 7) is 2.09. The lowest BCUT2D eigenvalue weighted by atomic mass is 10.1. The second kappa shape index (κ2) is 3.98. The molecule has 2 N–H and O–H groups in total. The van der Waals surface area contributed by atoms with Crippen LogP contribution in [0.3, 0.4) is 0 Å². The second-order valence-electron chi connectivity index (χ2n) is 3.47. The number of thiophene rings is 1. The molecule has 2 heterocycles. The average molecular weight is 207 g/mol. The molecule has 0 bridgehead atoms. The fourth-order valence-corrected chi connectivity index (χ4v) is 2.31. The number of nitrogens with two attached hydrogens (primary N) is 1. The van der Waals surface area contributed by atoms with Crippen molar-refractivity contribution < 1.29 is 4.42 Å². The van der Waals surface area contributed by atoms with Gasteiger partial charge < -0.3 is 10.2 Å². The van der Waals surface area contributed by atoms with Crippen molar-refractivity contribution in [3.8, 4) is 0 Å². The van der Waals surface area contributed by atoms with Crippen LogP contribution in [0, 0.1) is 6.92 Å². The van der Waals surface area contributed by atoms with Gasteiger partial charge >= 0.3 is 0 Å². The smallest absolute Gasteiger partial charge is 0.0935 e. The average Bonchev–Trinajstić information content (AvgIpc) is 2.75. The van der Waals surface area contributed by atoms with Crippen LogP contribution in [0.15, 0.2) is 34.5 Å². The van der Waals surface area contributed by atoms with Gasteiger partial charge in [-0.25, -0.2) is 0 Å². The minimum atomic E-state index is 0.0892. The molecular weight excluding hydrogens is 194 g/mol. The molecule has 0 saturated heterocycles. The summed E-state index contributed by atoms with van der Waals surface area (Å²) in [5.74, 6) is 0. The maximum absolute atomic E-state index is 6.07. The summed E-state index contributed by atoms with van der Waals surface area (Å²) in [7, 11) is 0. The van der Waals surface area contributed by atoms with E-state index >= 15 is 0 Å². The number of aryl methyl sites for hydroxylation is 1. The third-order valence-electron chi connectivity index (χ3n) is 2.15. The van der Waals surface area contributed by atoms with Crippen LogP contribution in [-0.2, 0) is 6.42 Å². The summed E-state index contributed by atoms with van der Waals surface area (Å²) in [5.41, 5.74) is 8.51. The van der Waals surface area contributed by atoms with Crippen molar-refractivity contribution in [2.24, 2.45) is 5.73 Å². The van der Waals surface area contributed by atoms with Gasteiger partial charge in [0.2, 0.25) is 0 Å². The third-order valence-corrected chi connectivity index (χ3v) is 3.33. The van der Waals surface area contributed by atoms with Crippen LogP contribution in [0.2, 0.25) is 0 Å². The second-order valence-corrected chi connectivity index (χ2v) is 4.41. The Hall–Kier alpha value is -1.06. The fraction of sp³-hybridized carbons (Fsp3) is 0.273. The number of hydrogen-bond donors (Lipinski definition) is 1. The van der Waals surface area contributed by atoms with E-state index in [0.717, 1.165) is 12.0 Å². The Balaban J connectivity index is 2.06.